The molecule has 15 heavy (non-hydrogen) atoms. The summed E-state index contributed by atoms with van der Waals surface area (Å²) < 4.78 is 26.8. The molecule has 0 aromatic rings. The van der Waals surface area contributed by atoms with Crippen molar-refractivity contribution in [1.29, 1.82) is 0 Å². The van der Waals surface area contributed by atoms with Crippen LogP contribution in [0.15, 0.2) is 0 Å². The van der Waals surface area contributed by atoms with Gasteiger partial charge in [-0.15, -0.1) is 0 Å². The summed E-state index contributed by atoms with van der Waals surface area (Å²) in [6, 6.07) is 0. The lowest BCUT2D eigenvalue weighted by molar-refractivity contribution is -0.199. The molecule has 90 valence electrons. The van der Waals surface area contributed by atoms with Crippen LogP contribution in [0, 0.1) is 0 Å². The molecule has 1 aliphatic rings. The van der Waals surface area contributed by atoms with Crippen molar-refractivity contribution in [3.05, 3.63) is 0 Å². The molecule has 0 bridgehead atoms. The van der Waals surface area contributed by atoms with Crippen LogP contribution in [0.2, 0.25) is 0 Å². The standard InChI is InChI=1S/C10H20O5/c1-10(14-5)8(12-3)7(6-11-2)15-9(10)13-4/h7-9H,6H2,1-5H3/t7-,8-,9?,10-/m1/s1. The predicted molar refractivity (Wildman–Crippen MR) is 53.8 cm³/mol. The average Bonchev–Trinajstić information content (AvgIpc) is 2.52. The van der Waals surface area contributed by atoms with E-state index in [1.807, 2.05) is 6.92 Å². The summed E-state index contributed by atoms with van der Waals surface area (Å²) in [4.78, 5) is 0. The lowest BCUT2D eigenvalue weighted by Gasteiger charge is -2.31. The van der Waals surface area contributed by atoms with Crippen molar-refractivity contribution < 1.29 is 23.7 Å². The van der Waals surface area contributed by atoms with E-state index in [2.05, 4.69) is 0 Å². The summed E-state index contributed by atoms with van der Waals surface area (Å²) in [6.07, 6.45) is -0.810. The Kier molecular flexibility index (Phi) is 4.48. The number of ether oxygens (including phenoxy) is 5. The quantitative estimate of drug-likeness (QED) is 0.672. The second-order valence-electron chi connectivity index (χ2n) is 3.74. The van der Waals surface area contributed by atoms with Crippen LogP contribution in [0.1, 0.15) is 6.92 Å². The molecule has 0 N–H and O–H groups in total. The number of rotatable bonds is 5. The molecule has 1 fully saturated rings. The normalized spacial score (nSPS) is 41.0. The van der Waals surface area contributed by atoms with E-state index in [1.165, 1.54) is 0 Å². The van der Waals surface area contributed by atoms with Crippen LogP contribution in [-0.4, -0.2) is 59.1 Å². The van der Waals surface area contributed by atoms with Gasteiger partial charge in [0, 0.05) is 28.4 Å². The topological polar surface area (TPSA) is 46.2 Å². The second kappa shape index (κ2) is 5.23. The summed E-state index contributed by atoms with van der Waals surface area (Å²) in [5, 5.41) is 0. The highest BCUT2D eigenvalue weighted by Gasteiger charge is 2.55. The lowest BCUT2D eigenvalue weighted by Crippen LogP contribution is -2.49. The van der Waals surface area contributed by atoms with E-state index in [-0.39, 0.29) is 12.2 Å². The third-order valence-corrected chi connectivity index (χ3v) is 2.91. The molecule has 0 spiro atoms. The fourth-order valence-corrected chi connectivity index (χ4v) is 2.05. The molecule has 1 saturated heterocycles. The Bertz CT molecular complexity index is 198. The minimum atomic E-state index is -0.604. The second-order valence-corrected chi connectivity index (χ2v) is 3.74. The van der Waals surface area contributed by atoms with Crippen molar-refractivity contribution in [3.63, 3.8) is 0 Å². The number of methoxy groups -OCH3 is 4. The smallest absolute Gasteiger partial charge is 0.189 e. The zero-order chi connectivity index (χ0) is 11.5. The van der Waals surface area contributed by atoms with Gasteiger partial charge in [0.25, 0.3) is 0 Å². The highest BCUT2D eigenvalue weighted by atomic mass is 16.7. The van der Waals surface area contributed by atoms with Gasteiger partial charge in [0.2, 0.25) is 0 Å². The van der Waals surface area contributed by atoms with Gasteiger partial charge in [-0.05, 0) is 6.92 Å². The Morgan fingerprint density at radius 1 is 1.13 bits per heavy atom. The molecular weight excluding hydrogens is 200 g/mol. The van der Waals surface area contributed by atoms with Crippen LogP contribution in [-0.2, 0) is 23.7 Å². The summed E-state index contributed by atoms with van der Waals surface area (Å²) in [5.41, 5.74) is -0.604. The maximum absolute atomic E-state index is 5.66. The van der Waals surface area contributed by atoms with Gasteiger partial charge in [0.05, 0.1) is 6.61 Å². The van der Waals surface area contributed by atoms with Crippen LogP contribution >= 0.6 is 0 Å². The minimum absolute atomic E-state index is 0.171. The van der Waals surface area contributed by atoms with E-state index in [0.717, 1.165) is 0 Å². The zero-order valence-electron chi connectivity index (χ0n) is 9.98. The van der Waals surface area contributed by atoms with E-state index in [4.69, 9.17) is 23.7 Å². The first-order chi connectivity index (χ1) is 7.13. The van der Waals surface area contributed by atoms with Crippen molar-refractivity contribution >= 4 is 0 Å². The van der Waals surface area contributed by atoms with Crippen molar-refractivity contribution in [2.45, 2.75) is 31.0 Å². The summed E-state index contributed by atoms with van der Waals surface area (Å²) in [6.45, 7) is 2.36. The van der Waals surface area contributed by atoms with E-state index in [1.54, 1.807) is 28.4 Å². The first kappa shape index (κ1) is 12.9. The van der Waals surface area contributed by atoms with E-state index >= 15 is 0 Å². The van der Waals surface area contributed by atoms with E-state index in [0.29, 0.717) is 6.61 Å². The zero-order valence-corrected chi connectivity index (χ0v) is 9.98. The molecule has 0 aliphatic carbocycles. The first-order valence-electron chi connectivity index (χ1n) is 4.89. The molecular formula is C10H20O5. The SMILES string of the molecule is COC[C@H]1OC(OC)[C@](C)(OC)[C@@H]1OC. The van der Waals surface area contributed by atoms with E-state index < -0.39 is 11.9 Å². The molecule has 1 aliphatic heterocycles. The summed E-state index contributed by atoms with van der Waals surface area (Å²) >= 11 is 0. The van der Waals surface area contributed by atoms with Gasteiger partial charge in [-0.25, -0.2) is 0 Å². The molecule has 5 heteroatoms. The Balaban J connectivity index is 2.82. The van der Waals surface area contributed by atoms with Gasteiger partial charge in [0.1, 0.15) is 17.8 Å². The third-order valence-electron chi connectivity index (χ3n) is 2.91. The average molecular weight is 220 g/mol. The maximum Gasteiger partial charge on any atom is 0.189 e. The van der Waals surface area contributed by atoms with E-state index in [9.17, 15) is 0 Å². The molecule has 1 rings (SSSR count). The van der Waals surface area contributed by atoms with Gasteiger partial charge in [-0.1, -0.05) is 0 Å². The van der Waals surface area contributed by atoms with Crippen LogP contribution in [0.4, 0.5) is 0 Å². The molecule has 4 atom stereocenters. The monoisotopic (exact) mass is 220 g/mol. The molecule has 0 radical (unpaired) electrons. The Labute approximate surface area is 90.6 Å². The highest BCUT2D eigenvalue weighted by molar-refractivity contribution is 4.99. The minimum Gasteiger partial charge on any atom is -0.382 e. The van der Waals surface area contributed by atoms with Gasteiger partial charge in [-0.2, -0.15) is 0 Å². The molecule has 1 unspecified atom stereocenters. The Morgan fingerprint density at radius 2 is 1.80 bits per heavy atom. The molecule has 0 amide bonds. The maximum atomic E-state index is 5.66. The van der Waals surface area contributed by atoms with Gasteiger partial charge < -0.3 is 23.7 Å². The predicted octanol–water partition coefficient (Wildman–Crippen LogP) is 0.424. The fraction of sp³-hybridized carbons (Fsp3) is 1.00. The third kappa shape index (κ3) is 2.16. The Hall–Kier alpha value is -0.200. The Morgan fingerprint density at radius 3 is 2.20 bits per heavy atom. The molecule has 5 nitrogen and oxygen atoms in total. The van der Waals surface area contributed by atoms with Crippen LogP contribution in [0.5, 0.6) is 0 Å². The van der Waals surface area contributed by atoms with Crippen molar-refractivity contribution in [2.75, 3.05) is 35.0 Å². The number of hydrogen-bond donors (Lipinski definition) is 0. The van der Waals surface area contributed by atoms with Crippen LogP contribution < -0.4 is 0 Å². The van der Waals surface area contributed by atoms with Crippen molar-refractivity contribution in [3.8, 4) is 0 Å². The molecule has 0 saturated carbocycles. The highest BCUT2D eigenvalue weighted by Crippen LogP contribution is 2.36. The molecule has 0 aromatic heterocycles. The van der Waals surface area contributed by atoms with Crippen LogP contribution in [0.25, 0.3) is 0 Å². The van der Waals surface area contributed by atoms with Gasteiger partial charge in [-0.3, -0.25) is 0 Å². The summed E-state index contributed by atoms with van der Waals surface area (Å²) in [7, 11) is 6.47. The van der Waals surface area contributed by atoms with Gasteiger partial charge >= 0.3 is 0 Å². The van der Waals surface area contributed by atoms with Crippen molar-refractivity contribution in [1.82, 2.24) is 0 Å². The molecule has 1 heterocycles. The van der Waals surface area contributed by atoms with Crippen molar-refractivity contribution in [2.24, 2.45) is 0 Å². The largest absolute Gasteiger partial charge is 0.382 e. The van der Waals surface area contributed by atoms with Crippen LogP contribution in [0.3, 0.4) is 0 Å². The summed E-state index contributed by atoms with van der Waals surface area (Å²) in [5.74, 6) is 0. The van der Waals surface area contributed by atoms with Gasteiger partial charge in [0.15, 0.2) is 6.29 Å². The molecule has 0 aromatic carbocycles. The number of hydrogen-bond acceptors (Lipinski definition) is 5. The first-order valence-corrected chi connectivity index (χ1v) is 4.89. The lowest BCUT2D eigenvalue weighted by atomic mass is 9.97. The fourth-order valence-electron chi connectivity index (χ4n) is 2.05.